The first-order valence-corrected chi connectivity index (χ1v) is 13.7. The first kappa shape index (κ1) is 28.2. The molecule has 4 aromatic rings. The van der Waals surface area contributed by atoms with Gasteiger partial charge in [0.1, 0.15) is 17.2 Å². The molecule has 9 nitrogen and oxygen atoms in total. The van der Waals surface area contributed by atoms with Crippen LogP contribution in [-0.2, 0) is 32.5 Å². The van der Waals surface area contributed by atoms with Gasteiger partial charge in [-0.3, -0.25) is 0 Å². The molecule has 3 heterocycles. The van der Waals surface area contributed by atoms with Crippen LogP contribution in [0.25, 0.3) is 11.2 Å². The number of halogens is 6. The van der Waals surface area contributed by atoms with E-state index in [0.717, 1.165) is 68.1 Å². The van der Waals surface area contributed by atoms with Crippen molar-refractivity contribution in [2.75, 3.05) is 22.9 Å². The first-order chi connectivity index (χ1) is 19.8. The lowest BCUT2D eigenvalue weighted by Crippen LogP contribution is -2.32. The molecule has 0 aliphatic heterocycles. The van der Waals surface area contributed by atoms with Crippen molar-refractivity contribution in [3.05, 3.63) is 52.3 Å². The van der Waals surface area contributed by atoms with Crippen molar-refractivity contribution >= 4 is 22.9 Å². The molecule has 2 aliphatic carbocycles. The van der Waals surface area contributed by atoms with E-state index in [0.29, 0.717) is 23.0 Å². The molecule has 1 aromatic carbocycles. The molecule has 15 heteroatoms. The Balaban J connectivity index is 1.42. The number of tetrazole rings is 1. The van der Waals surface area contributed by atoms with Gasteiger partial charge >= 0.3 is 12.4 Å². The number of fused-ring (bicyclic) bond motifs is 1. The average molecular weight is 594 g/mol. The van der Waals surface area contributed by atoms with Gasteiger partial charge in [0.05, 0.1) is 17.7 Å². The molecule has 0 radical (unpaired) electrons. The highest BCUT2D eigenvalue weighted by Crippen LogP contribution is 2.39. The Bertz CT molecular complexity index is 1520. The van der Waals surface area contributed by atoms with Crippen LogP contribution in [-0.4, -0.2) is 48.2 Å². The van der Waals surface area contributed by atoms with E-state index in [1.807, 2.05) is 24.6 Å². The number of anilines is 2. The van der Waals surface area contributed by atoms with Gasteiger partial charge in [-0.2, -0.15) is 31.6 Å². The van der Waals surface area contributed by atoms with Gasteiger partial charge in [-0.25, -0.2) is 9.97 Å². The molecule has 42 heavy (non-hydrogen) atoms. The SMILES string of the molecule is Cc1nc2cc(CN(Cc3cc(C(F)(F)F)cc(C(F)(F)F)c3)c3nn[nH]n3)c(N(CC3CC3)CC3CC3)nc2n1C. The fourth-order valence-electron chi connectivity index (χ4n) is 5.14. The molecule has 2 aliphatic rings. The third-order valence-electron chi connectivity index (χ3n) is 7.77. The van der Waals surface area contributed by atoms with Gasteiger partial charge in [-0.1, -0.05) is 5.10 Å². The van der Waals surface area contributed by atoms with E-state index in [-0.39, 0.29) is 30.7 Å². The third kappa shape index (κ3) is 6.14. The number of benzene rings is 1. The molecule has 0 amide bonds. The van der Waals surface area contributed by atoms with Gasteiger partial charge in [0.2, 0.25) is 0 Å². The molecule has 2 fully saturated rings. The van der Waals surface area contributed by atoms with Gasteiger partial charge in [-0.05, 0) is 79.5 Å². The number of H-pyrrole nitrogens is 1. The van der Waals surface area contributed by atoms with Crippen LogP contribution >= 0.6 is 0 Å². The number of nitrogens with zero attached hydrogens (tertiary/aromatic N) is 8. The van der Waals surface area contributed by atoms with Crippen LogP contribution in [0.15, 0.2) is 24.3 Å². The number of hydrogen-bond acceptors (Lipinski definition) is 7. The molecule has 0 atom stereocenters. The Kier molecular flexibility index (Phi) is 7.00. The van der Waals surface area contributed by atoms with E-state index in [1.54, 1.807) is 0 Å². The maximum atomic E-state index is 13.6. The Morgan fingerprint density at radius 2 is 1.48 bits per heavy atom. The Morgan fingerprint density at radius 1 is 0.857 bits per heavy atom. The number of alkyl halides is 6. The summed E-state index contributed by atoms with van der Waals surface area (Å²) in [5, 5.41) is 13.9. The maximum absolute atomic E-state index is 13.6. The highest BCUT2D eigenvalue weighted by atomic mass is 19.4. The summed E-state index contributed by atoms with van der Waals surface area (Å²) >= 11 is 0. The minimum atomic E-state index is -4.96. The summed E-state index contributed by atoms with van der Waals surface area (Å²) in [4.78, 5) is 13.4. The van der Waals surface area contributed by atoms with E-state index < -0.39 is 23.5 Å². The van der Waals surface area contributed by atoms with E-state index in [1.165, 1.54) is 4.90 Å². The van der Waals surface area contributed by atoms with Crippen LogP contribution in [0.1, 0.15) is 53.8 Å². The summed E-state index contributed by atoms with van der Waals surface area (Å²) in [5.41, 5.74) is -0.908. The number of nitrogens with one attached hydrogen (secondary N) is 1. The van der Waals surface area contributed by atoms with Crippen molar-refractivity contribution in [1.82, 2.24) is 35.2 Å². The Hall–Kier alpha value is -3.91. The molecular weight excluding hydrogens is 564 g/mol. The fraction of sp³-hybridized carbons (Fsp3) is 0.519. The minimum absolute atomic E-state index is 0.0279. The molecule has 2 saturated carbocycles. The molecule has 3 aromatic heterocycles. The van der Waals surface area contributed by atoms with Crippen LogP contribution in [0.5, 0.6) is 0 Å². The van der Waals surface area contributed by atoms with E-state index in [4.69, 9.17) is 4.98 Å². The van der Waals surface area contributed by atoms with Crippen molar-refractivity contribution in [2.45, 2.75) is 58.0 Å². The van der Waals surface area contributed by atoms with E-state index in [2.05, 4.69) is 30.5 Å². The largest absolute Gasteiger partial charge is 0.416 e. The van der Waals surface area contributed by atoms with Gasteiger partial charge in [-0.15, -0.1) is 5.10 Å². The van der Waals surface area contributed by atoms with Gasteiger partial charge in [0.15, 0.2) is 5.65 Å². The summed E-state index contributed by atoms with van der Waals surface area (Å²) in [6.45, 7) is 3.23. The molecule has 1 N–H and O–H groups in total. The van der Waals surface area contributed by atoms with Crippen molar-refractivity contribution in [2.24, 2.45) is 18.9 Å². The van der Waals surface area contributed by atoms with E-state index in [9.17, 15) is 26.3 Å². The normalized spacial score (nSPS) is 15.9. The van der Waals surface area contributed by atoms with Crippen LogP contribution in [0.2, 0.25) is 0 Å². The second kappa shape index (κ2) is 10.4. The molecule has 6 rings (SSSR count). The smallest absolute Gasteiger partial charge is 0.356 e. The van der Waals surface area contributed by atoms with Crippen molar-refractivity contribution in [3.8, 4) is 0 Å². The number of hydrogen-bond donors (Lipinski definition) is 1. The fourth-order valence-corrected chi connectivity index (χ4v) is 5.14. The first-order valence-electron chi connectivity index (χ1n) is 13.7. The molecule has 224 valence electrons. The lowest BCUT2D eigenvalue weighted by molar-refractivity contribution is -0.143. The van der Waals surface area contributed by atoms with Crippen LogP contribution in [0.4, 0.5) is 38.1 Å². The number of rotatable bonds is 10. The number of aromatic amines is 1. The number of imidazole rings is 1. The molecule has 0 bridgehead atoms. The quantitative estimate of drug-likeness (QED) is 0.237. The van der Waals surface area contributed by atoms with Crippen molar-refractivity contribution in [1.29, 1.82) is 0 Å². The standard InChI is InChI=1S/C27H29F6N9/c1-15-34-22-9-19(23(35-24(22)40(15)2)41(11-16-3-4-16)12-17-5-6-17)14-42(25-36-38-39-37-25)13-18-7-20(26(28,29)30)10-21(8-18)27(31,32)33/h7-10,16-17H,3-6,11-14H2,1-2H3,(H,36,37,38,39). The average Bonchev–Trinajstić information content (AvgIpc) is 3.84. The van der Waals surface area contributed by atoms with E-state index >= 15 is 0 Å². The van der Waals surface area contributed by atoms with Crippen LogP contribution in [0, 0.1) is 18.8 Å². The summed E-state index contributed by atoms with van der Waals surface area (Å²) < 4.78 is 83.5. The highest BCUT2D eigenvalue weighted by Gasteiger charge is 2.37. The highest BCUT2D eigenvalue weighted by molar-refractivity contribution is 5.76. The Labute approximate surface area is 236 Å². The predicted molar refractivity (Wildman–Crippen MR) is 141 cm³/mol. The molecular formula is C27H29F6N9. The zero-order valence-electron chi connectivity index (χ0n) is 23.0. The van der Waals surface area contributed by atoms with Gasteiger partial charge in [0, 0.05) is 32.2 Å². The predicted octanol–water partition coefficient (Wildman–Crippen LogP) is 5.66. The summed E-state index contributed by atoms with van der Waals surface area (Å²) in [7, 11) is 1.88. The molecule has 0 spiro atoms. The lowest BCUT2D eigenvalue weighted by Gasteiger charge is -2.29. The molecule has 0 unspecified atom stereocenters. The number of aryl methyl sites for hydroxylation is 2. The van der Waals surface area contributed by atoms with Gasteiger partial charge in [0.25, 0.3) is 5.95 Å². The molecule has 0 saturated heterocycles. The lowest BCUT2D eigenvalue weighted by atomic mass is 10.0. The van der Waals surface area contributed by atoms with Crippen molar-refractivity contribution in [3.63, 3.8) is 0 Å². The second-order valence-corrected chi connectivity index (χ2v) is 11.3. The second-order valence-electron chi connectivity index (χ2n) is 11.3. The summed E-state index contributed by atoms with van der Waals surface area (Å²) in [6.07, 6.45) is -5.38. The zero-order valence-corrected chi connectivity index (χ0v) is 23.0. The van der Waals surface area contributed by atoms with Crippen LogP contribution < -0.4 is 9.80 Å². The maximum Gasteiger partial charge on any atom is 0.416 e. The van der Waals surface area contributed by atoms with Gasteiger partial charge < -0.3 is 14.4 Å². The summed E-state index contributed by atoms with van der Waals surface area (Å²) in [5.74, 6) is 2.62. The third-order valence-corrected chi connectivity index (χ3v) is 7.77. The summed E-state index contributed by atoms with van der Waals surface area (Å²) in [6, 6.07) is 3.45. The number of pyridine rings is 1. The minimum Gasteiger partial charge on any atom is -0.356 e. The Morgan fingerprint density at radius 3 is 2.00 bits per heavy atom. The zero-order chi connectivity index (χ0) is 29.8. The monoisotopic (exact) mass is 593 g/mol. The number of aromatic nitrogens is 7. The van der Waals surface area contributed by atoms with Crippen LogP contribution in [0.3, 0.4) is 0 Å². The van der Waals surface area contributed by atoms with Crippen molar-refractivity contribution < 1.29 is 26.3 Å². The topological polar surface area (TPSA) is 91.7 Å².